The first-order valence-corrected chi connectivity index (χ1v) is 13.0. The average molecular weight is 496 g/mol. The molecule has 1 saturated heterocycles. The summed E-state index contributed by atoms with van der Waals surface area (Å²) in [5, 5.41) is 2.50. The Morgan fingerprint density at radius 1 is 1.08 bits per heavy atom. The van der Waals surface area contributed by atoms with E-state index in [0.29, 0.717) is 28.7 Å². The van der Waals surface area contributed by atoms with Crippen molar-refractivity contribution < 1.29 is 24.0 Å². The summed E-state index contributed by atoms with van der Waals surface area (Å²) >= 11 is 0. The predicted molar refractivity (Wildman–Crippen MR) is 136 cm³/mol. The van der Waals surface area contributed by atoms with Gasteiger partial charge in [0.05, 0.1) is 11.1 Å². The maximum atomic E-state index is 13.2. The number of likely N-dealkylation sites (N-methyl/N-ethyl adjacent to an activating group) is 1. The van der Waals surface area contributed by atoms with Crippen LogP contribution in [0.5, 0.6) is 0 Å². The number of aldehydes is 2. The fourth-order valence-corrected chi connectivity index (χ4v) is 6.31. The van der Waals surface area contributed by atoms with E-state index in [9.17, 15) is 24.0 Å². The molecule has 8 heteroatoms. The van der Waals surface area contributed by atoms with Gasteiger partial charge in [-0.1, -0.05) is 13.8 Å². The van der Waals surface area contributed by atoms with E-state index in [0.717, 1.165) is 68.5 Å². The summed E-state index contributed by atoms with van der Waals surface area (Å²) in [7, 11) is 1.45. The van der Waals surface area contributed by atoms with E-state index >= 15 is 0 Å². The van der Waals surface area contributed by atoms with Gasteiger partial charge in [-0.15, -0.1) is 0 Å². The number of amides is 3. The van der Waals surface area contributed by atoms with Gasteiger partial charge in [0, 0.05) is 37.7 Å². The summed E-state index contributed by atoms with van der Waals surface area (Å²) in [6.07, 6.45) is 8.60. The van der Waals surface area contributed by atoms with Crippen LogP contribution in [0.1, 0.15) is 85.9 Å². The number of nitrogens with zero attached hydrogens (tertiary/aromatic N) is 2. The predicted octanol–water partition coefficient (Wildman–Crippen LogP) is 3.38. The first kappa shape index (κ1) is 26.0. The second-order valence-electron chi connectivity index (χ2n) is 11.3. The van der Waals surface area contributed by atoms with Crippen LogP contribution in [0.25, 0.3) is 0 Å². The quantitative estimate of drug-likeness (QED) is 0.438. The van der Waals surface area contributed by atoms with Crippen LogP contribution >= 0.6 is 0 Å². The highest BCUT2D eigenvalue weighted by Crippen LogP contribution is 2.50. The van der Waals surface area contributed by atoms with Gasteiger partial charge < -0.3 is 19.8 Å². The topological polar surface area (TPSA) is 104 Å². The number of fused-ring (bicyclic) bond motifs is 1. The molecule has 0 radical (unpaired) electrons. The minimum atomic E-state index is -1.01. The number of carbonyl (C=O) groups excluding carboxylic acids is 5. The fourth-order valence-electron chi connectivity index (χ4n) is 6.31. The lowest BCUT2D eigenvalue weighted by atomic mass is 9.61. The first-order chi connectivity index (χ1) is 17.2. The van der Waals surface area contributed by atoms with Crippen LogP contribution in [0, 0.1) is 16.7 Å². The Morgan fingerprint density at radius 2 is 1.72 bits per heavy atom. The maximum Gasteiger partial charge on any atom is 0.262 e. The van der Waals surface area contributed by atoms with Crippen LogP contribution in [0.3, 0.4) is 0 Å². The molecule has 0 aromatic heterocycles. The molecule has 2 fully saturated rings. The Labute approximate surface area is 212 Å². The van der Waals surface area contributed by atoms with E-state index in [1.165, 1.54) is 7.05 Å². The summed E-state index contributed by atoms with van der Waals surface area (Å²) < 4.78 is 0. The minimum Gasteiger partial charge on any atom is -0.371 e. The van der Waals surface area contributed by atoms with E-state index in [-0.39, 0.29) is 18.3 Å². The molecular weight excluding hydrogens is 458 g/mol. The molecule has 36 heavy (non-hydrogen) atoms. The second kappa shape index (κ2) is 10.1. The van der Waals surface area contributed by atoms with Gasteiger partial charge in [-0.2, -0.15) is 0 Å². The van der Waals surface area contributed by atoms with Crippen LogP contribution in [-0.2, 0) is 14.4 Å². The number of benzene rings is 1. The number of hydrogen-bond donors (Lipinski definition) is 1. The van der Waals surface area contributed by atoms with Gasteiger partial charge in [0.25, 0.3) is 11.8 Å². The molecule has 1 saturated carbocycles. The summed E-state index contributed by atoms with van der Waals surface area (Å²) in [4.78, 5) is 64.3. The number of anilines is 1. The third-order valence-corrected chi connectivity index (χ3v) is 8.91. The third-order valence-electron chi connectivity index (χ3n) is 8.91. The Hall–Kier alpha value is -3.03. The smallest absolute Gasteiger partial charge is 0.262 e. The molecule has 1 aliphatic carbocycles. The molecule has 2 aliphatic heterocycles. The molecule has 8 nitrogen and oxygen atoms in total. The van der Waals surface area contributed by atoms with Crippen molar-refractivity contribution in [3.05, 3.63) is 29.3 Å². The Balaban J connectivity index is 1.45. The van der Waals surface area contributed by atoms with E-state index in [4.69, 9.17) is 0 Å². The number of piperidine rings is 1. The van der Waals surface area contributed by atoms with Crippen molar-refractivity contribution in [2.45, 2.75) is 71.3 Å². The molecule has 1 N–H and O–H groups in total. The molecule has 4 rings (SSSR count). The molecule has 194 valence electrons. The highest BCUT2D eigenvalue weighted by atomic mass is 16.2. The van der Waals surface area contributed by atoms with Gasteiger partial charge in [0.15, 0.2) is 0 Å². The summed E-state index contributed by atoms with van der Waals surface area (Å²) in [5.74, 6) is -0.985. The zero-order valence-electron chi connectivity index (χ0n) is 21.5. The molecule has 0 bridgehead atoms. The van der Waals surface area contributed by atoms with Gasteiger partial charge in [-0.25, -0.2) is 0 Å². The number of nitrogens with one attached hydrogen (secondary N) is 1. The van der Waals surface area contributed by atoms with Crippen molar-refractivity contribution >= 4 is 36.0 Å². The Morgan fingerprint density at radius 3 is 2.31 bits per heavy atom. The Kier molecular flexibility index (Phi) is 7.34. The van der Waals surface area contributed by atoms with Crippen LogP contribution in [-0.4, -0.2) is 61.4 Å². The van der Waals surface area contributed by atoms with E-state index in [1.807, 2.05) is 19.9 Å². The lowest BCUT2D eigenvalue weighted by Crippen LogP contribution is -2.48. The van der Waals surface area contributed by atoms with Crippen LogP contribution < -0.4 is 10.2 Å². The molecule has 3 amide bonds. The van der Waals surface area contributed by atoms with Crippen molar-refractivity contribution in [1.29, 1.82) is 0 Å². The Bertz CT molecular complexity index is 1050. The molecular formula is C28H37N3O5. The second-order valence-corrected chi connectivity index (χ2v) is 11.3. The van der Waals surface area contributed by atoms with E-state index in [2.05, 4.69) is 10.2 Å². The standard InChI is InChI=1S/C28H37N3O5/c1-27(2,18-33)19-8-10-28(11-9-19)12-14-30(15-13-28)20-6-7-21-22(17-20)26(36)31(25(21)35)23(5-4-16-32)24(34)29-3/h6-7,16-19,23H,4-5,8-15H2,1-3H3,(H,29,34). The highest BCUT2D eigenvalue weighted by Gasteiger charge is 2.44. The summed E-state index contributed by atoms with van der Waals surface area (Å²) in [5.41, 5.74) is 1.59. The highest BCUT2D eigenvalue weighted by molar-refractivity contribution is 6.23. The summed E-state index contributed by atoms with van der Waals surface area (Å²) in [6, 6.07) is 4.33. The fraction of sp³-hybridized carbons (Fsp3) is 0.607. The third kappa shape index (κ3) is 4.70. The molecule has 3 aliphatic rings. The van der Waals surface area contributed by atoms with Crippen molar-refractivity contribution in [3.63, 3.8) is 0 Å². The molecule has 2 heterocycles. The van der Waals surface area contributed by atoms with Gasteiger partial charge in [-0.05, 0) is 74.5 Å². The first-order valence-electron chi connectivity index (χ1n) is 13.0. The molecule has 1 atom stereocenters. The lowest BCUT2D eigenvalue weighted by Gasteiger charge is -2.48. The van der Waals surface area contributed by atoms with Crippen LogP contribution in [0.4, 0.5) is 5.69 Å². The molecule has 1 spiro atoms. The van der Waals surface area contributed by atoms with Gasteiger partial charge in [-0.3, -0.25) is 19.3 Å². The number of carbonyl (C=O) groups is 5. The van der Waals surface area contributed by atoms with E-state index in [1.54, 1.807) is 12.1 Å². The summed E-state index contributed by atoms with van der Waals surface area (Å²) in [6.45, 7) is 5.86. The number of imide groups is 1. The van der Waals surface area contributed by atoms with Crippen LogP contribution in [0.2, 0.25) is 0 Å². The van der Waals surface area contributed by atoms with Crippen LogP contribution in [0.15, 0.2) is 18.2 Å². The van der Waals surface area contributed by atoms with Crippen molar-refractivity contribution in [2.24, 2.45) is 16.7 Å². The zero-order chi connectivity index (χ0) is 26.1. The number of hydrogen-bond acceptors (Lipinski definition) is 6. The average Bonchev–Trinajstić information content (AvgIpc) is 3.14. The van der Waals surface area contributed by atoms with Gasteiger partial charge >= 0.3 is 0 Å². The largest absolute Gasteiger partial charge is 0.371 e. The van der Waals surface area contributed by atoms with Crippen molar-refractivity contribution in [3.8, 4) is 0 Å². The van der Waals surface area contributed by atoms with Crippen molar-refractivity contribution in [2.75, 3.05) is 25.0 Å². The zero-order valence-corrected chi connectivity index (χ0v) is 21.5. The van der Waals surface area contributed by atoms with Gasteiger partial charge in [0.1, 0.15) is 18.6 Å². The molecule has 1 unspecified atom stereocenters. The lowest BCUT2D eigenvalue weighted by molar-refractivity contribution is -0.124. The number of rotatable bonds is 8. The maximum absolute atomic E-state index is 13.2. The van der Waals surface area contributed by atoms with Crippen molar-refractivity contribution in [1.82, 2.24) is 10.2 Å². The SMILES string of the molecule is CNC(=O)C(CCC=O)N1C(=O)c2ccc(N3CCC4(CCC(C(C)(C)C=O)CC4)CC3)cc2C1=O. The molecule has 1 aromatic carbocycles. The van der Waals surface area contributed by atoms with Gasteiger partial charge in [0.2, 0.25) is 5.91 Å². The normalized spacial score (nSPS) is 20.9. The minimum absolute atomic E-state index is 0.0830. The molecule has 1 aromatic rings. The van der Waals surface area contributed by atoms with E-state index < -0.39 is 23.8 Å². The monoisotopic (exact) mass is 495 g/mol.